The van der Waals surface area contributed by atoms with Gasteiger partial charge in [-0.1, -0.05) is 36.4 Å². The second kappa shape index (κ2) is 8.63. The van der Waals surface area contributed by atoms with Crippen LogP contribution in [0.4, 0.5) is 0 Å². The Labute approximate surface area is 147 Å². The number of nitrogens with zero attached hydrogens (tertiary/aromatic N) is 3. The van der Waals surface area contributed by atoms with Crippen LogP contribution in [0.15, 0.2) is 65.9 Å². The molecule has 0 atom stereocenters. The normalized spacial score (nSPS) is 11.3. The summed E-state index contributed by atoms with van der Waals surface area (Å²) >= 11 is 0. The maximum absolute atomic E-state index is 4.55. The molecular formula is C19H22N6. The van der Waals surface area contributed by atoms with E-state index in [4.69, 9.17) is 0 Å². The Hall–Kier alpha value is -3.15. The summed E-state index contributed by atoms with van der Waals surface area (Å²) in [6.45, 7) is 3.93. The van der Waals surface area contributed by atoms with Crippen molar-refractivity contribution in [3.05, 3.63) is 72.4 Å². The SMILES string of the molecule is CCNC(=NCc1ccccn1)NCc1ncc(-c2ccccc2)[nH]1. The average molecular weight is 334 g/mol. The van der Waals surface area contributed by atoms with Crippen LogP contribution in [0.3, 0.4) is 0 Å². The van der Waals surface area contributed by atoms with Crippen LogP contribution >= 0.6 is 0 Å². The number of imidazole rings is 1. The van der Waals surface area contributed by atoms with Crippen LogP contribution in [0.2, 0.25) is 0 Å². The van der Waals surface area contributed by atoms with Crippen LogP contribution in [-0.2, 0) is 13.1 Å². The Morgan fingerprint density at radius 3 is 2.64 bits per heavy atom. The molecule has 0 saturated carbocycles. The summed E-state index contributed by atoms with van der Waals surface area (Å²) in [4.78, 5) is 16.6. The van der Waals surface area contributed by atoms with Crippen molar-refractivity contribution >= 4 is 5.96 Å². The Morgan fingerprint density at radius 2 is 1.88 bits per heavy atom. The van der Waals surface area contributed by atoms with Gasteiger partial charge in [-0.2, -0.15) is 0 Å². The van der Waals surface area contributed by atoms with Gasteiger partial charge in [0.05, 0.1) is 30.7 Å². The second-order valence-corrected chi connectivity index (χ2v) is 5.48. The third-order valence-electron chi connectivity index (χ3n) is 3.61. The zero-order valence-corrected chi connectivity index (χ0v) is 14.2. The van der Waals surface area contributed by atoms with Crippen LogP contribution in [0.1, 0.15) is 18.4 Å². The Bertz CT molecular complexity index is 795. The standard InChI is InChI=1S/C19H22N6/c1-2-20-19(23-12-16-10-6-7-11-21-16)24-14-18-22-13-17(25-18)15-8-4-3-5-9-15/h3-11,13H,2,12,14H2,1H3,(H,22,25)(H2,20,23,24). The molecule has 0 bridgehead atoms. The Kier molecular flexibility index (Phi) is 5.77. The summed E-state index contributed by atoms with van der Waals surface area (Å²) in [5.74, 6) is 1.60. The zero-order valence-electron chi connectivity index (χ0n) is 14.2. The average Bonchev–Trinajstić information content (AvgIpc) is 3.15. The summed E-state index contributed by atoms with van der Waals surface area (Å²) in [5, 5.41) is 6.52. The van der Waals surface area contributed by atoms with Gasteiger partial charge in [-0.25, -0.2) is 9.98 Å². The first-order chi connectivity index (χ1) is 12.3. The first kappa shape index (κ1) is 16.7. The molecule has 0 amide bonds. The Balaban J connectivity index is 1.61. The molecule has 25 heavy (non-hydrogen) atoms. The topological polar surface area (TPSA) is 78.0 Å². The molecule has 128 valence electrons. The van der Waals surface area contributed by atoms with E-state index in [2.05, 4.69) is 42.7 Å². The molecule has 6 heteroatoms. The van der Waals surface area contributed by atoms with Gasteiger partial charge in [0.25, 0.3) is 0 Å². The largest absolute Gasteiger partial charge is 0.357 e. The molecule has 0 fully saturated rings. The smallest absolute Gasteiger partial charge is 0.192 e. The van der Waals surface area contributed by atoms with Gasteiger partial charge in [-0.15, -0.1) is 0 Å². The maximum atomic E-state index is 4.55. The number of aromatic amines is 1. The van der Waals surface area contributed by atoms with Crippen molar-refractivity contribution in [2.24, 2.45) is 4.99 Å². The van der Waals surface area contributed by atoms with Gasteiger partial charge in [0.2, 0.25) is 0 Å². The highest BCUT2D eigenvalue weighted by molar-refractivity contribution is 5.79. The molecule has 3 aromatic rings. The number of guanidine groups is 1. The number of hydrogen-bond acceptors (Lipinski definition) is 3. The molecule has 3 N–H and O–H groups in total. The number of hydrogen-bond donors (Lipinski definition) is 3. The van der Waals surface area contributed by atoms with Gasteiger partial charge in [-0.05, 0) is 24.6 Å². The fourth-order valence-corrected chi connectivity index (χ4v) is 2.38. The fraction of sp³-hybridized carbons (Fsp3) is 0.211. The van der Waals surface area contributed by atoms with E-state index in [9.17, 15) is 0 Å². The molecule has 2 aromatic heterocycles. The first-order valence-electron chi connectivity index (χ1n) is 8.36. The summed E-state index contributed by atoms with van der Waals surface area (Å²) in [6.07, 6.45) is 3.63. The van der Waals surface area contributed by atoms with Gasteiger partial charge in [0.15, 0.2) is 5.96 Å². The fourth-order valence-electron chi connectivity index (χ4n) is 2.38. The van der Waals surface area contributed by atoms with Gasteiger partial charge >= 0.3 is 0 Å². The van der Waals surface area contributed by atoms with Gasteiger partial charge in [-0.3, -0.25) is 4.98 Å². The van der Waals surface area contributed by atoms with Crippen molar-refractivity contribution in [2.45, 2.75) is 20.0 Å². The number of rotatable bonds is 6. The van der Waals surface area contributed by atoms with Crippen molar-refractivity contribution in [1.29, 1.82) is 0 Å². The molecule has 0 aliphatic heterocycles. The van der Waals surface area contributed by atoms with Crippen molar-refractivity contribution in [3.8, 4) is 11.3 Å². The van der Waals surface area contributed by atoms with Crippen LogP contribution in [0.5, 0.6) is 0 Å². The molecule has 3 rings (SSSR count). The van der Waals surface area contributed by atoms with E-state index in [1.165, 1.54) is 0 Å². The highest BCUT2D eigenvalue weighted by Gasteiger charge is 2.04. The van der Waals surface area contributed by atoms with E-state index in [-0.39, 0.29) is 0 Å². The predicted molar refractivity (Wildman–Crippen MR) is 99.9 cm³/mol. The Morgan fingerprint density at radius 1 is 1.04 bits per heavy atom. The van der Waals surface area contributed by atoms with E-state index in [1.807, 2.05) is 49.5 Å². The highest BCUT2D eigenvalue weighted by atomic mass is 15.2. The van der Waals surface area contributed by atoms with Gasteiger partial charge in [0, 0.05) is 12.7 Å². The monoisotopic (exact) mass is 334 g/mol. The van der Waals surface area contributed by atoms with Crippen molar-refractivity contribution in [2.75, 3.05) is 6.54 Å². The van der Waals surface area contributed by atoms with E-state index < -0.39 is 0 Å². The molecule has 0 unspecified atom stereocenters. The lowest BCUT2D eigenvalue weighted by molar-refractivity contribution is 0.783. The van der Waals surface area contributed by atoms with Crippen LogP contribution < -0.4 is 10.6 Å². The lowest BCUT2D eigenvalue weighted by atomic mass is 10.2. The third-order valence-corrected chi connectivity index (χ3v) is 3.61. The number of aromatic nitrogens is 3. The molecule has 0 radical (unpaired) electrons. The van der Waals surface area contributed by atoms with E-state index >= 15 is 0 Å². The third kappa shape index (κ3) is 4.91. The number of pyridine rings is 1. The van der Waals surface area contributed by atoms with Crippen LogP contribution in [0.25, 0.3) is 11.3 Å². The quantitative estimate of drug-likeness (QED) is 0.478. The molecule has 0 aliphatic rings. The molecule has 0 saturated heterocycles. The summed E-state index contributed by atoms with van der Waals surface area (Å²) in [7, 11) is 0. The number of nitrogens with one attached hydrogen (secondary N) is 3. The minimum atomic E-state index is 0.531. The van der Waals surface area contributed by atoms with E-state index in [1.54, 1.807) is 6.20 Å². The zero-order chi connectivity index (χ0) is 17.3. The van der Waals surface area contributed by atoms with Crippen molar-refractivity contribution in [3.63, 3.8) is 0 Å². The van der Waals surface area contributed by atoms with Crippen molar-refractivity contribution < 1.29 is 0 Å². The molecule has 2 heterocycles. The van der Waals surface area contributed by atoms with Gasteiger partial charge in [0.1, 0.15) is 5.82 Å². The summed E-state index contributed by atoms with van der Waals surface area (Å²) < 4.78 is 0. The lowest BCUT2D eigenvalue weighted by Crippen LogP contribution is -2.37. The van der Waals surface area contributed by atoms with Crippen molar-refractivity contribution in [1.82, 2.24) is 25.6 Å². The number of H-pyrrole nitrogens is 1. The first-order valence-corrected chi connectivity index (χ1v) is 8.36. The highest BCUT2D eigenvalue weighted by Crippen LogP contribution is 2.15. The number of benzene rings is 1. The molecule has 1 aromatic carbocycles. The summed E-state index contributed by atoms with van der Waals surface area (Å²) in [6, 6.07) is 16.0. The minimum absolute atomic E-state index is 0.531. The maximum Gasteiger partial charge on any atom is 0.192 e. The van der Waals surface area contributed by atoms with Crippen LogP contribution in [0, 0.1) is 0 Å². The minimum Gasteiger partial charge on any atom is -0.357 e. The molecule has 0 aliphatic carbocycles. The molecule has 6 nitrogen and oxygen atoms in total. The van der Waals surface area contributed by atoms with E-state index in [0.29, 0.717) is 13.1 Å². The molecule has 0 spiro atoms. The second-order valence-electron chi connectivity index (χ2n) is 5.48. The predicted octanol–water partition coefficient (Wildman–Crippen LogP) is 2.73. The van der Waals surface area contributed by atoms with Gasteiger partial charge < -0.3 is 15.6 Å². The molecular weight excluding hydrogens is 312 g/mol. The number of aliphatic imine (C=N–C) groups is 1. The van der Waals surface area contributed by atoms with Crippen LogP contribution in [-0.4, -0.2) is 27.5 Å². The van der Waals surface area contributed by atoms with E-state index in [0.717, 1.165) is 35.3 Å². The lowest BCUT2D eigenvalue weighted by Gasteiger charge is -2.10. The summed E-state index contributed by atoms with van der Waals surface area (Å²) in [5.41, 5.74) is 3.06.